The Morgan fingerprint density at radius 3 is 2.67 bits per heavy atom. The van der Waals surface area contributed by atoms with E-state index < -0.39 is 0 Å². The van der Waals surface area contributed by atoms with Gasteiger partial charge in [-0.25, -0.2) is 0 Å². The number of aryl methyl sites for hydroxylation is 1. The molecule has 0 fully saturated rings. The second-order valence-electron chi connectivity index (χ2n) is 5.75. The van der Waals surface area contributed by atoms with Gasteiger partial charge in [-0.2, -0.15) is 0 Å². The number of carbonyl (C=O) groups excluding carboxylic acids is 1. The maximum atomic E-state index is 11.8. The van der Waals surface area contributed by atoms with Crippen molar-refractivity contribution in [3.05, 3.63) is 29.3 Å². The average molecular weight is 289 g/mol. The lowest BCUT2D eigenvalue weighted by Gasteiger charge is -2.19. The third-order valence-corrected chi connectivity index (χ3v) is 2.61. The average Bonchev–Trinajstić information content (AvgIpc) is 2.38. The molecule has 0 radical (unpaired) electrons. The summed E-state index contributed by atoms with van der Waals surface area (Å²) < 4.78 is 5.42. The Kier molecular flexibility index (Phi) is 6.41. The maximum Gasteiger partial charge on any atom is 0.250 e. The second-order valence-corrected chi connectivity index (χ2v) is 5.75. The molecule has 114 valence electrons. The fourth-order valence-electron chi connectivity index (χ4n) is 1.57. The first kappa shape index (κ1) is 17.2. The van der Waals surface area contributed by atoms with Crippen LogP contribution in [0.3, 0.4) is 0 Å². The van der Waals surface area contributed by atoms with E-state index in [1.54, 1.807) is 0 Å². The van der Waals surface area contributed by atoms with E-state index in [1.165, 1.54) is 0 Å². The Bertz CT molecular complexity index is 547. The van der Waals surface area contributed by atoms with Crippen LogP contribution in [0.4, 0.5) is 5.69 Å². The number of benzene rings is 1. The van der Waals surface area contributed by atoms with Crippen LogP contribution in [-0.4, -0.2) is 29.8 Å². The zero-order valence-electron chi connectivity index (χ0n) is 13.1. The van der Waals surface area contributed by atoms with Crippen molar-refractivity contribution < 1.29 is 14.6 Å². The lowest BCUT2D eigenvalue weighted by Crippen LogP contribution is -2.27. The molecule has 4 heteroatoms. The van der Waals surface area contributed by atoms with Crippen molar-refractivity contribution in [3.63, 3.8) is 0 Å². The van der Waals surface area contributed by atoms with Gasteiger partial charge in [-0.3, -0.25) is 4.79 Å². The van der Waals surface area contributed by atoms with Gasteiger partial charge >= 0.3 is 0 Å². The molecular formula is C17H23NO3. The minimum Gasteiger partial charge on any atom is -0.395 e. The number of hydrogen-bond donors (Lipinski definition) is 2. The normalized spacial score (nSPS) is 10.7. The summed E-state index contributed by atoms with van der Waals surface area (Å²) in [5.41, 5.74) is 2.27. The molecule has 0 aromatic heterocycles. The summed E-state index contributed by atoms with van der Waals surface area (Å²) in [7, 11) is 0. The van der Waals surface area contributed by atoms with Gasteiger partial charge in [0.25, 0.3) is 0 Å². The number of amides is 1. The number of carbonyl (C=O) groups is 1. The fourth-order valence-corrected chi connectivity index (χ4v) is 1.57. The van der Waals surface area contributed by atoms with Gasteiger partial charge in [0.15, 0.2) is 0 Å². The van der Waals surface area contributed by atoms with E-state index in [2.05, 4.69) is 17.2 Å². The molecule has 4 nitrogen and oxygen atoms in total. The van der Waals surface area contributed by atoms with Crippen molar-refractivity contribution in [3.8, 4) is 11.8 Å². The first-order chi connectivity index (χ1) is 9.81. The summed E-state index contributed by atoms with van der Waals surface area (Å²) >= 11 is 0. The minimum absolute atomic E-state index is 0.0284. The minimum atomic E-state index is -0.334. The topological polar surface area (TPSA) is 58.6 Å². The molecule has 0 aliphatic rings. The molecule has 0 aliphatic carbocycles. The zero-order chi connectivity index (χ0) is 15.9. The van der Waals surface area contributed by atoms with Crippen LogP contribution in [0.5, 0.6) is 0 Å². The van der Waals surface area contributed by atoms with E-state index in [-0.39, 0.29) is 24.7 Å². The van der Waals surface area contributed by atoms with E-state index in [9.17, 15) is 4.79 Å². The van der Waals surface area contributed by atoms with Crippen molar-refractivity contribution in [2.75, 3.05) is 18.5 Å². The van der Waals surface area contributed by atoms with Gasteiger partial charge in [-0.15, -0.1) is 0 Å². The van der Waals surface area contributed by atoms with Crippen LogP contribution in [0.15, 0.2) is 18.2 Å². The molecule has 1 aromatic carbocycles. The van der Waals surface area contributed by atoms with Crippen molar-refractivity contribution >= 4 is 11.6 Å². The molecular weight excluding hydrogens is 266 g/mol. The maximum absolute atomic E-state index is 11.8. The number of aliphatic hydroxyl groups is 1. The highest BCUT2D eigenvalue weighted by atomic mass is 16.5. The Balaban J connectivity index is 2.64. The number of rotatable bonds is 4. The van der Waals surface area contributed by atoms with Crippen molar-refractivity contribution in [1.29, 1.82) is 0 Å². The predicted octanol–water partition coefficient (Wildman–Crippen LogP) is 2.48. The molecule has 0 atom stereocenters. The number of anilines is 1. The van der Waals surface area contributed by atoms with Gasteiger partial charge in [0, 0.05) is 17.7 Å². The molecule has 0 unspecified atom stereocenters. The fraction of sp³-hybridized carbons (Fsp3) is 0.471. The third kappa shape index (κ3) is 6.94. The third-order valence-electron chi connectivity index (χ3n) is 2.61. The number of hydrogen-bond acceptors (Lipinski definition) is 3. The monoisotopic (exact) mass is 289 g/mol. The molecule has 21 heavy (non-hydrogen) atoms. The van der Waals surface area contributed by atoms with E-state index in [0.717, 1.165) is 16.8 Å². The van der Waals surface area contributed by atoms with E-state index in [4.69, 9.17) is 9.84 Å². The summed E-state index contributed by atoms with van der Waals surface area (Å²) in [4.78, 5) is 11.8. The molecule has 0 aliphatic heterocycles. The summed E-state index contributed by atoms with van der Waals surface area (Å²) in [6.07, 6.45) is 0.460. The smallest absolute Gasteiger partial charge is 0.250 e. The lowest BCUT2D eigenvalue weighted by atomic mass is 10.1. The Morgan fingerprint density at radius 1 is 1.38 bits per heavy atom. The summed E-state index contributed by atoms with van der Waals surface area (Å²) in [6, 6.07) is 5.54. The van der Waals surface area contributed by atoms with Crippen LogP contribution in [0, 0.1) is 18.8 Å². The highest BCUT2D eigenvalue weighted by Crippen LogP contribution is 2.15. The molecule has 2 N–H and O–H groups in total. The number of nitrogens with one attached hydrogen (secondary N) is 1. The Labute approximate surface area is 126 Å². The van der Waals surface area contributed by atoms with Crippen molar-refractivity contribution in [2.24, 2.45) is 0 Å². The van der Waals surface area contributed by atoms with Crippen LogP contribution in [0.1, 0.15) is 38.3 Å². The van der Waals surface area contributed by atoms with Crippen molar-refractivity contribution in [2.45, 2.75) is 39.7 Å². The first-order valence-corrected chi connectivity index (χ1v) is 6.96. The molecule has 0 heterocycles. The Hall–Kier alpha value is -1.83. The number of aliphatic hydroxyl groups excluding tert-OH is 1. The molecule has 0 bridgehead atoms. The second kappa shape index (κ2) is 7.82. The molecule has 0 saturated heterocycles. The van der Waals surface area contributed by atoms with Gasteiger partial charge in [0.1, 0.15) is 6.61 Å². The lowest BCUT2D eigenvalue weighted by molar-refractivity contribution is -0.125. The van der Waals surface area contributed by atoms with E-state index in [1.807, 2.05) is 45.9 Å². The summed E-state index contributed by atoms with van der Waals surface area (Å²) in [6.45, 7) is 7.75. The SMILES string of the molecule is Cc1cc(NC(=O)COC(C)(C)C)ccc1C#CCCO. The molecule has 1 aromatic rings. The summed E-state index contributed by atoms with van der Waals surface area (Å²) in [5, 5.41) is 11.5. The van der Waals surface area contributed by atoms with Crippen molar-refractivity contribution in [1.82, 2.24) is 0 Å². The number of ether oxygens (including phenoxy) is 1. The van der Waals surface area contributed by atoms with Crippen LogP contribution in [0.25, 0.3) is 0 Å². The first-order valence-electron chi connectivity index (χ1n) is 6.96. The van der Waals surface area contributed by atoms with Crippen LogP contribution < -0.4 is 5.32 Å². The molecule has 0 saturated carbocycles. The predicted molar refractivity (Wildman–Crippen MR) is 84.1 cm³/mol. The summed E-state index contributed by atoms with van der Waals surface area (Å²) in [5.74, 6) is 5.70. The van der Waals surface area contributed by atoms with Crippen LogP contribution in [-0.2, 0) is 9.53 Å². The molecule has 1 rings (SSSR count). The molecule has 0 spiro atoms. The van der Waals surface area contributed by atoms with Crippen LogP contribution >= 0.6 is 0 Å². The van der Waals surface area contributed by atoms with Gasteiger partial charge in [0.2, 0.25) is 5.91 Å². The largest absolute Gasteiger partial charge is 0.395 e. The van der Waals surface area contributed by atoms with Gasteiger partial charge in [0.05, 0.1) is 12.2 Å². The van der Waals surface area contributed by atoms with Crippen LogP contribution in [0.2, 0.25) is 0 Å². The zero-order valence-corrected chi connectivity index (χ0v) is 13.1. The highest BCUT2D eigenvalue weighted by molar-refractivity contribution is 5.91. The van der Waals surface area contributed by atoms with Gasteiger partial charge in [-0.05, 0) is 51.5 Å². The Morgan fingerprint density at radius 2 is 2.10 bits per heavy atom. The standard InChI is InChI=1S/C17H23NO3/c1-13-11-15(9-8-14(13)7-5-6-10-19)18-16(20)12-21-17(2,3)4/h8-9,11,19H,6,10,12H2,1-4H3,(H,18,20). The van der Waals surface area contributed by atoms with Gasteiger partial charge in [-0.1, -0.05) is 11.8 Å². The van der Waals surface area contributed by atoms with Gasteiger partial charge < -0.3 is 15.2 Å². The quantitative estimate of drug-likeness (QED) is 0.837. The van der Waals surface area contributed by atoms with E-state index in [0.29, 0.717) is 6.42 Å². The van der Waals surface area contributed by atoms with E-state index >= 15 is 0 Å². The highest BCUT2D eigenvalue weighted by Gasteiger charge is 2.13. The molecule has 1 amide bonds.